The Balaban J connectivity index is 2.87. The minimum atomic E-state index is 0.0925. The number of hydrogen-bond donors (Lipinski definition) is 1. The van der Waals surface area contributed by atoms with Gasteiger partial charge in [-0.05, 0) is 12.3 Å². The zero-order valence-corrected chi connectivity index (χ0v) is 10.2. The van der Waals surface area contributed by atoms with Gasteiger partial charge in [-0.15, -0.1) is 0 Å². The summed E-state index contributed by atoms with van der Waals surface area (Å²) in [5.41, 5.74) is 0. The minimum absolute atomic E-state index is 0.0925. The SMILES string of the molecule is CC(C)CCCCCOCCOCCO. The molecule has 0 rings (SSSR count). The molecule has 0 atom stereocenters. The summed E-state index contributed by atoms with van der Waals surface area (Å²) in [6, 6.07) is 0. The van der Waals surface area contributed by atoms with E-state index in [0.717, 1.165) is 18.9 Å². The molecule has 0 aromatic carbocycles. The molecule has 0 aromatic rings. The fraction of sp³-hybridized carbons (Fsp3) is 1.00. The first-order valence-electron chi connectivity index (χ1n) is 6.03. The van der Waals surface area contributed by atoms with Gasteiger partial charge >= 0.3 is 0 Å². The Kier molecular flexibility index (Phi) is 11.9. The van der Waals surface area contributed by atoms with Crippen molar-refractivity contribution < 1.29 is 14.6 Å². The van der Waals surface area contributed by atoms with Gasteiger partial charge in [-0.2, -0.15) is 0 Å². The van der Waals surface area contributed by atoms with Crippen LogP contribution in [0.25, 0.3) is 0 Å². The van der Waals surface area contributed by atoms with Crippen molar-refractivity contribution in [2.24, 2.45) is 5.92 Å². The van der Waals surface area contributed by atoms with Gasteiger partial charge in [0.2, 0.25) is 0 Å². The van der Waals surface area contributed by atoms with Crippen molar-refractivity contribution in [1.82, 2.24) is 0 Å². The predicted molar refractivity (Wildman–Crippen MR) is 62.0 cm³/mol. The van der Waals surface area contributed by atoms with E-state index < -0.39 is 0 Å². The Morgan fingerprint density at radius 2 is 1.53 bits per heavy atom. The Bertz CT molecular complexity index is 115. The van der Waals surface area contributed by atoms with Gasteiger partial charge in [-0.3, -0.25) is 0 Å². The first kappa shape index (κ1) is 14.9. The van der Waals surface area contributed by atoms with Crippen LogP contribution in [0.5, 0.6) is 0 Å². The van der Waals surface area contributed by atoms with Crippen molar-refractivity contribution in [1.29, 1.82) is 0 Å². The lowest BCUT2D eigenvalue weighted by molar-refractivity contribution is 0.0320. The van der Waals surface area contributed by atoms with E-state index in [1.165, 1.54) is 19.3 Å². The molecule has 0 aliphatic rings. The molecule has 0 bridgehead atoms. The number of ether oxygens (including phenoxy) is 2. The van der Waals surface area contributed by atoms with E-state index in [1.54, 1.807) is 0 Å². The van der Waals surface area contributed by atoms with E-state index in [2.05, 4.69) is 13.8 Å². The Morgan fingerprint density at radius 1 is 0.867 bits per heavy atom. The summed E-state index contributed by atoms with van der Waals surface area (Å²) in [6.07, 6.45) is 5.03. The number of unbranched alkanes of at least 4 members (excludes halogenated alkanes) is 2. The standard InChI is InChI=1S/C12H26O3/c1-12(2)6-4-3-5-8-14-10-11-15-9-7-13/h12-13H,3-11H2,1-2H3. The summed E-state index contributed by atoms with van der Waals surface area (Å²) in [5, 5.41) is 8.45. The van der Waals surface area contributed by atoms with Crippen LogP contribution in [0.3, 0.4) is 0 Å². The molecule has 0 aliphatic carbocycles. The molecule has 0 unspecified atom stereocenters. The van der Waals surface area contributed by atoms with Crippen molar-refractivity contribution in [3.8, 4) is 0 Å². The van der Waals surface area contributed by atoms with E-state index >= 15 is 0 Å². The molecule has 0 spiro atoms. The lowest BCUT2D eigenvalue weighted by Crippen LogP contribution is -2.07. The molecule has 0 saturated heterocycles. The van der Waals surface area contributed by atoms with Crippen molar-refractivity contribution >= 4 is 0 Å². The third-order valence-electron chi connectivity index (χ3n) is 2.18. The molecule has 3 nitrogen and oxygen atoms in total. The first-order valence-corrected chi connectivity index (χ1v) is 6.03. The van der Waals surface area contributed by atoms with Crippen molar-refractivity contribution in [3.63, 3.8) is 0 Å². The molecule has 92 valence electrons. The van der Waals surface area contributed by atoms with E-state index in [-0.39, 0.29) is 6.61 Å². The summed E-state index contributed by atoms with van der Waals surface area (Å²) >= 11 is 0. The second-order valence-corrected chi connectivity index (χ2v) is 4.19. The monoisotopic (exact) mass is 218 g/mol. The highest BCUT2D eigenvalue weighted by atomic mass is 16.5. The van der Waals surface area contributed by atoms with Crippen LogP contribution in [0.4, 0.5) is 0 Å². The van der Waals surface area contributed by atoms with Gasteiger partial charge in [0.25, 0.3) is 0 Å². The number of aliphatic hydroxyl groups is 1. The molecule has 0 heterocycles. The second kappa shape index (κ2) is 12.0. The van der Waals surface area contributed by atoms with Crippen LogP contribution in [0, 0.1) is 5.92 Å². The average molecular weight is 218 g/mol. The fourth-order valence-electron chi connectivity index (χ4n) is 1.32. The molecule has 15 heavy (non-hydrogen) atoms. The van der Waals surface area contributed by atoms with E-state index in [1.807, 2.05) is 0 Å². The van der Waals surface area contributed by atoms with E-state index in [0.29, 0.717) is 19.8 Å². The molecule has 0 fully saturated rings. The molecule has 1 N–H and O–H groups in total. The molecule has 3 heteroatoms. The van der Waals surface area contributed by atoms with Crippen LogP contribution < -0.4 is 0 Å². The maximum Gasteiger partial charge on any atom is 0.0701 e. The van der Waals surface area contributed by atoms with Gasteiger partial charge in [0.05, 0.1) is 26.4 Å². The maximum absolute atomic E-state index is 8.45. The second-order valence-electron chi connectivity index (χ2n) is 4.19. The summed E-state index contributed by atoms with van der Waals surface area (Å²) < 4.78 is 10.4. The van der Waals surface area contributed by atoms with Gasteiger partial charge in [0, 0.05) is 6.61 Å². The number of aliphatic hydroxyl groups excluding tert-OH is 1. The van der Waals surface area contributed by atoms with E-state index in [4.69, 9.17) is 14.6 Å². The summed E-state index contributed by atoms with van der Waals surface area (Å²) in [7, 11) is 0. The third-order valence-corrected chi connectivity index (χ3v) is 2.18. The Hall–Kier alpha value is -0.120. The maximum atomic E-state index is 8.45. The van der Waals surface area contributed by atoms with Crippen LogP contribution >= 0.6 is 0 Å². The highest BCUT2D eigenvalue weighted by Gasteiger charge is 1.94. The first-order chi connectivity index (χ1) is 7.27. The molecular weight excluding hydrogens is 192 g/mol. The summed E-state index contributed by atoms with van der Waals surface area (Å²) in [4.78, 5) is 0. The number of rotatable bonds is 11. The smallest absolute Gasteiger partial charge is 0.0701 e. The zero-order chi connectivity index (χ0) is 11.4. The largest absolute Gasteiger partial charge is 0.394 e. The lowest BCUT2D eigenvalue weighted by Gasteiger charge is -2.06. The zero-order valence-electron chi connectivity index (χ0n) is 10.2. The van der Waals surface area contributed by atoms with Crippen LogP contribution in [-0.2, 0) is 9.47 Å². The normalized spacial score (nSPS) is 11.2. The van der Waals surface area contributed by atoms with Crippen molar-refractivity contribution in [3.05, 3.63) is 0 Å². The number of hydrogen-bond acceptors (Lipinski definition) is 3. The van der Waals surface area contributed by atoms with Gasteiger partial charge in [-0.1, -0.05) is 33.1 Å². The molecule has 0 saturated carbocycles. The lowest BCUT2D eigenvalue weighted by atomic mass is 10.1. The summed E-state index contributed by atoms with van der Waals surface area (Å²) in [6.45, 7) is 7.09. The topological polar surface area (TPSA) is 38.7 Å². The molecule has 0 radical (unpaired) electrons. The molecule has 0 aromatic heterocycles. The molecule has 0 amide bonds. The van der Waals surface area contributed by atoms with Crippen molar-refractivity contribution in [2.75, 3.05) is 33.0 Å². The highest BCUT2D eigenvalue weighted by Crippen LogP contribution is 2.07. The quantitative estimate of drug-likeness (QED) is 0.540. The fourth-order valence-corrected chi connectivity index (χ4v) is 1.32. The van der Waals surface area contributed by atoms with E-state index in [9.17, 15) is 0 Å². The van der Waals surface area contributed by atoms with Crippen LogP contribution in [0.2, 0.25) is 0 Å². The Morgan fingerprint density at radius 3 is 2.13 bits per heavy atom. The summed E-state index contributed by atoms with van der Waals surface area (Å²) in [5.74, 6) is 0.817. The minimum Gasteiger partial charge on any atom is -0.394 e. The van der Waals surface area contributed by atoms with Gasteiger partial charge in [-0.25, -0.2) is 0 Å². The van der Waals surface area contributed by atoms with Crippen LogP contribution in [0.15, 0.2) is 0 Å². The highest BCUT2D eigenvalue weighted by molar-refractivity contribution is 4.47. The van der Waals surface area contributed by atoms with Gasteiger partial charge in [0.15, 0.2) is 0 Å². The predicted octanol–water partition coefficient (Wildman–Crippen LogP) is 2.23. The van der Waals surface area contributed by atoms with Gasteiger partial charge < -0.3 is 14.6 Å². The Labute approximate surface area is 93.8 Å². The van der Waals surface area contributed by atoms with Crippen LogP contribution in [-0.4, -0.2) is 38.1 Å². The average Bonchev–Trinajstić information content (AvgIpc) is 2.20. The van der Waals surface area contributed by atoms with Crippen molar-refractivity contribution in [2.45, 2.75) is 39.5 Å². The molecular formula is C12H26O3. The van der Waals surface area contributed by atoms with Gasteiger partial charge in [0.1, 0.15) is 0 Å². The molecule has 0 aliphatic heterocycles. The van der Waals surface area contributed by atoms with Crippen LogP contribution in [0.1, 0.15) is 39.5 Å². The third kappa shape index (κ3) is 13.9.